The van der Waals surface area contributed by atoms with Gasteiger partial charge in [0.1, 0.15) is 0 Å². The molecule has 0 saturated carbocycles. The molecule has 2 aliphatic rings. The number of hydrogen-bond donors (Lipinski definition) is 1. The molecule has 1 atom stereocenters. The van der Waals surface area contributed by atoms with Crippen molar-refractivity contribution in [2.75, 3.05) is 35.0 Å². The van der Waals surface area contributed by atoms with E-state index in [0.717, 1.165) is 23.6 Å². The van der Waals surface area contributed by atoms with Gasteiger partial charge in [0.25, 0.3) is 0 Å². The van der Waals surface area contributed by atoms with Crippen LogP contribution >= 0.6 is 0 Å². The standard InChI is InChI=1S/C23H27N3O4/c1-4-25(15(2)3)18-7-5-17(6-8-18)24-23(28)16-11-22(27)26(13-16)19-9-10-20-21(12-19)30-14-29-20/h5-10,12,15-16H,4,11,13-14H2,1-3H3,(H,24,28). The number of hydrogen-bond acceptors (Lipinski definition) is 5. The molecule has 0 radical (unpaired) electrons. The van der Waals surface area contributed by atoms with Crippen molar-refractivity contribution < 1.29 is 19.1 Å². The highest BCUT2D eigenvalue weighted by molar-refractivity contribution is 6.03. The Morgan fingerprint density at radius 2 is 1.90 bits per heavy atom. The third kappa shape index (κ3) is 3.92. The maximum absolute atomic E-state index is 12.8. The molecule has 2 aromatic rings. The van der Waals surface area contributed by atoms with Crippen LogP contribution in [-0.4, -0.2) is 37.7 Å². The fraction of sp³-hybridized carbons (Fsp3) is 0.391. The summed E-state index contributed by atoms with van der Waals surface area (Å²) in [7, 11) is 0. The van der Waals surface area contributed by atoms with E-state index in [0.29, 0.717) is 24.1 Å². The third-order valence-electron chi connectivity index (χ3n) is 5.59. The molecule has 1 N–H and O–H groups in total. The van der Waals surface area contributed by atoms with Gasteiger partial charge in [0.05, 0.1) is 5.92 Å². The second-order valence-corrected chi connectivity index (χ2v) is 7.86. The van der Waals surface area contributed by atoms with Crippen LogP contribution < -0.4 is 24.6 Å². The number of ether oxygens (including phenoxy) is 2. The van der Waals surface area contributed by atoms with Crippen molar-refractivity contribution in [3.63, 3.8) is 0 Å². The van der Waals surface area contributed by atoms with Crippen LogP contribution in [0.1, 0.15) is 27.2 Å². The zero-order chi connectivity index (χ0) is 21.3. The zero-order valence-corrected chi connectivity index (χ0v) is 17.6. The van der Waals surface area contributed by atoms with E-state index in [9.17, 15) is 9.59 Å². The topological polar surface area (TPSA) is 71.1 Å². The molecule has 1 fully saturated rings. The number of rotatable bonds is 6. The normalized spacial score (nSPS) is 17.5. The average Bonchev–Trinajstić information content (AvgIpc) is 3.35. The van der Waals surface area contributed by atoms with Gasteiger partial charge < -0.3 is 24.6 Å². The van der Waals surface area contributed by atoms with Crippen LogP contribution in [0.4, 0.5) is 17.1 Å². The monoisotopic (exact) mass is 409 g/mol. The van der Waals surface area contributed by atoms with E-state index >= 15 is 0 Å². The third-order valence-corrected chi connectivity index (χ3v) is 5.59. The molecular weight excluding hydrogens is 382 g/mol. The number of carbonyl (C=O) groups is 2. The van der Waals surface area contributed by atoms with Crippen molar-refractivity contribution in [1.82, 2.24) is 0 Å². The summed E-state index contributed by atoms with van der Waals surface area (Å²) in [5, 5.41) is 2.95. The number of fused-ring (bicyclic) bond motifs is 1. The van der Waals surface area contributed by atoms with Gasteiger partial charge in [0.2, 0.25) is 18.6 Å². The zero-order valence-electron chi connectivity index (χ0n) is 17.6. The molecule has 7 nitrogen and oxygen atoms in total. The molecule has 4 rings (SSSR count). The Labute approximate surface area is 176 Å². The first-order chi connectivity index (χ1) is 14.5. The fourth-order valence-electron chi connectivity index (χ4n) is 4.01. The van der Waals surface area contributed by atoms with Crippen molar-refractivity contribution in [3.05, 3.63) is 42.5 Å². The highest BCUT2D eigenvalue weighted by Crippen LogP contribution is 2.37. The molecule has 2 amide bonds. The molecule has 0 aromatic heterocycles. The van der Waals surface area contributed by atoms with Gasteiger partial charge in [0.15, 0.2) is 11.5 Å². The SMILES string of the molecule is CCN(c1ccc(NC(=O)C2CC(=O)N(c3ccc4c(c3)OCO4)C2)cc1)C(C)C. The largest absolute Gasteiger partial charge is 0.454 e. The number of carbonyl (C=O) groups excluding carboxylic acids is 2. The molecule has 0 spiro atoms. The minimum absolute atomic E-state index is 0.0696. The van der Waals surface area contributed by atoms with E-state index in [1.807, 2.05) is 30.3 Å². The second kappa shape index (κ2) is 8.26. The summed E-state index contributed by atoms with van der Waals surface area (Å²) in [5.41, 5.74) is 2.57. The number of amides is 2. The lowest BCUT2D eigenvalue weighted by Crippen LogP contribution is -2.30. The molecule has 1 unspecified atom stereocenters. The van der Waals surface area contributed by atoms with Gasteiger partial charge >= 0.3 is 0 Å². The van der Waals surface area contributed by atoms with Crippen LogP contribution in [0.2, 0.25) is 0 Å². The van der Waals surface area contributed by atoms with Crippen molar-refractivity contribution in [1.29, 1.82) is 0 Å². The first kappa shape index (κ1) is 20.1. The number of nitrogens with one attached hydrogen (secondary N) is 1. The summed E-state index contributed by atoms with van der Waals surface area (Å²) in [6.07, 6.45) is 0.190. The lowest BCUT2D eigenvalue weighted by molar-refractivity contribution is -0.122. The van der Waals surface area contributed by atoms with E-state index in [1.54, 1.807) is 17.0 Å². The van der Waals surface area contributed by atoms with Crippen LogP contribution in [0.15, 0.2) is 42.5 Å². The van der Waals surface area contributed by atoms with E-state index in [2.05, 4.69) is 31.0 Å². The van der Waals surface area contributed by atoms with Gasteiger partial charge in [-0.25, -0.2) is 0 Å². The van der Waals surface area contributed by atoms with E-state index in [-0.39, 0.29) is 25.0 Å². The molecule has 158 valence electrons. The minimum Gasteiger partial charge on any atom is -0.454 e. The Morgan fingerprint density at radius 1 is 1.17 bits per heavy atom. The van der Waals surface area contributed by atoms with Gasteiger partial charge in [-0.3, -0.25) is 9.59 Å². The summed E-state index contributed by atoms with van der Waals surface area (Å²) in [6.45, 7) is 7.88. The number of anilines is 3. The van der Waals surface area contributed by atoms with Crippen LogP contribution in [0.25, 0.3) is 0 Å². The minimum atomic E-state index is -0.398. The summed E-state index contributed by atoms with van der Waals surface area (Å²) < 4.78 is 10.7. The summed E-state index contributed by atoms with van der Waals surface area (Å²) in [5.74, 6) is 0.680. The molecule has 2 aliphatic heterocycles. The Hall–Kier alpha value is -3.22. The van der Waals surface area contributed by atoms with E-state index in [4.69, 9.17) is 9.47 Å². The molecule has 0 bridgehead atoms. The first-order valence-corrected chi connectivity index (χ1v) is 10.3. The van der Waals surface area contributed by atoms with Crippen LogP contribution in [0, 0.1) is 5.92 Å². The maximum Gasteiger partial charge on any atom is 0.231 e. The van der Waals surface area contributed by atoms with Gasteiger partial charge in [-0.2, -0.15) is 0 Å². The Bertz CT molecular complexity index is 942. The Kier molecular flexibility index (Phi) is 5.53. The predicted octanol–water partition coefficient (Wildman–Crippen LogP) is 3.64. The molecule has 7 heteroatoms. The molecule has 1 saturated heterocycles. The van der Waals surface area contributed by atoms with Crippen molar-refractivity contribution in [3.8, 4) is 11.5 Å². The van der Waals surface area contributed by atoms with Gasteiger partial charge in [0, 0.05) is 48.7 Å². The first-order valence-electron chi connectivity index (χ1n) is 10.3. The molecule has 2 heterocycles. The van der Waals surface area contributed by atoms with Crippen LogP contribution in [0.5, 0.6) is 11.5 Å². The fourth-order valence-corrected chi connectivity index (χ4v) is 4.01. The quantitative estimate of drug-likeness (QED) is 0.789. The van der Waals surface area contributed by atoms with Crippen molar-refractivity contribution in [2.45, 2.75) is 33.2 Å². The van der Waals surface area contributed by atoms with E-state index in [1.165, 1.54) is 0 Å². The lowest BCUT2D eigenvalue weighted by Gasteiger charge is -2.27. The molecule has 30 heavy (non-hydrogen) atoms. The summed E-state index contributed by atoms with van der Waals surface area (Å²) in [4.78, 5) is 29.2. The molecular formula is C23H27N3O4. The summed E-state index contributed by atoms with van der Waals surface area (Å²) >= 11 is 0. The van der Waals surface area contributed by atoms with Crippen molar-refractivity contribution in [2.24, 2.45) is 5.92 Å². The van der Waals surface area contributed by atoms with Crippen LogP contribution in [0.3, 0.4) is 0 Å². The van der Waals surface area contributed by atoms with E-state index < -0.39 is 5.92 Å². The highest BCUT2D eigenvalue weighted by Gasteiger charge is 2.35. The number of benzene rings is 2. The maximum atomic E-state index is 12.8. The Balaban J connectivity index is 1.40. The summed E-state index contributed by atoms with van der Waals surface area (Å²) in [6, 6.07) is 13.6. The van der Waals surface area contributed by atoms with Gasteiger partial charge in [-0.15, -0.1) is 0 Å². The Morgan fingerprint density at radius 3 is 2.60 bits per heavy atom. The molecule has 0 aliphatic carbocycles. The average molecular weight is 409 g/mol. The van der Waals surface area contributed by atoms with Crippen LogP contribution in [-0.2, 0) is 9.59 Å². The predicted molar refractivity (Wildman–Crippen MR) is 116 cm³/mol. The number of nitrogens with zero attached hydrogens (tertiary/aromatic N) is 2. The van der Waals surface area contributed by atoms with Crippen molar-refractivity contribution >= 4 is 28.9 Å². The molecule has 2 aromatic carbocycles. The van der Waals surface area contributed by atoms with Gasteiger partial charge in [-0.05, 0) is 57.2 Å². The second-order valence-electron chi connectivity index (χ2n) is 7.86. The lowest BCUT2D eigenvalue weighted by atomic mass is 10.1. The highest BCUT2D eigenvalue weighted by atomic mass is 16.7. The van der Waals surface area contributed by atoms with Gasteiger partial charge in [-0.1, -0.05) is 0 Å². The smallest absolute Gasteiger partial charge is 0.231 e.